The minimum Gasteiger partial charge on any atom is -0.393 e. The lowest BCUT2D eigenvalue weighted by Crippen LogP contribution is -2.21. The van der Waals surface area contributed by atoms with E-state index in [1.165, 1.54) is 12.1 Å². The third-order valence-electron chi connectivity index (χ3n) is 3.45. The van der Waals surface area contributed by atoms with Crippen LogP contribution < -0.4 is 0 Å². The highest BCUT2D eigenvalue weighted by Crippen LogP contribution is 2.51. The number of hydrogen-bond donors (Lipinski definition) is 1. The number of benzene rings is 1. The Hall–Kier alpha value is -0.480. The molecule has 1 nitrogen and oxygen atoms in total. The highest BCUT2D eigenvalue weighted by Gasteiger charge is 2.47. The van der Waals surface area contributed by atoms with Crippen molar-refractivity contribution in [2.45, 2.75) is 32.3 Å². The zero-order chi connectivity index (χ0) is 11.9. The highest BCUT2D eigenvalue weighted by atomic mass is 79.9. The fourth-order valence-electron chi connectivity index (χ4n) is 1.99. The van der Waals surface area contributed by atoms with Gasteiger partial charge in [0, 0.05) is 11.0 Å². The Morgan fingerprint density at radius 1 is 1.44 bits per heavy atom. The predicted molar refractivity (Wildman–Crippen MR) is 61.1 cm³/mol. The summed E-state index contributed by atoms with van der Waals surface area (Å²) in [5.74, 6) is -1.08. The second-order valence-corrected chi connectivity index (χ2v) is 5.39. The molecule has 1 N–H and O–H groups in total. The smallest absolute Gasteiger partial charge is 0.143 e. The van der Waals surface area contributed by atoms with Gasteiger partial charge in [-0.2, -0.15) is 0 Å². The van der Waals surface area contributed by atoms with Crippen molar-refractivity contribution in [2.24, 2.45) is 5.41 Å². The van der Waals surface area contributed by atoms with Crippen LogP contribution in [0.3, 0.4) is 0 Å². The van der Waals surface area contributed by atoms with E-state index in [1.54, 1.807) is 6.92 Å². The van der Waals surface area contributed by atoms with Crippen molar-refractivity contribution in [3.8, 4) is 0 Å². The number of aliphatic hydroxyl groups is 1. The van der Waals surface area contributed by atoms with Gasteiger partial charge in [0.05, 0.1) is 10.6 Å². The van der Waals surface area contributed by atoms with E-state index in [4.69, 9.17) is 0 Å². The van der Waals surface area contributed by atoms with Crippen molar-refractivity contribution >= 4 is 15.9 Å². The van der Waals surface area contributed by atoms with Gasteiger partial charge in [0.1, 0.15) is 11.6 Å². The summed E-state index contributed by atoms with van der Waals surface area (Å²) in [7, 11) is 0. The molecule has 1 saturated carbocycles. The summed E-state index contributed by atoms with van der Waals surface area (Å²) >= 11 is 3.04. The second kappa shape index (κ2) is 4.08. The van der Waals surface area contributed by atoms with Crippen molar-refractivity contribution in [3.05, 3.63) is 33.8 Å². The van der Waals surface area contributed by atoms with Crippen LogP contribution in [0.2, 0.25) is 0 Å². The summed E-state index contributed by atoms with van der Waals surface area (Å²) in [5, 5.41) is 9.60. The predicted octanol–water partition coefficient (Wildman–Crippen LogP) is 3.43. The topological polar surface area (TPSA) is 20.2 Å². The first-order chi connectivity index (χ1) is 7.46. The lowest BCUT2D eigenvalue weighted by molar-refractivity contribution is 0.109. The van der Waals surface area contributed by atoms with Crippen LogP contribution in [-0.4, -0.2) is 11.2 Å². The first-order valence-electron chi connectivity index (χ1n) is 5.27. The lowest BCUT2D eigenvalue weighted by Gasteiger charge is -2.19. The molecule has 0 aliphatic heterocycles. The minimum atomic E-state index is -0.549. The summed E-state index contributed by atoms with van der Waals surface area (Å²) < 4.78 is 27.5. The van der Waals surface area contributed by atoms with E-state index >= 15 is 0 Å². The Bertz CT molecular complexity index is 414. The maximum atomic E-state index is 13.7. The third kappa shape index (κ3) is 2.00. The van der Waals surface area contributed by atoms with Gasteiger partial charge in [-0.05, 0) is 54.2 Å². The van der Waals surface area contributed by atoms with Crippen LogP contribution in [0.4, 0.5) is 8.78 Å². The van der Waals surface area contributed by atoms with Crippen molar-refractivity contribution in [1.29, 1.82) is 0 Å². The van der Waals surface area contributed by atoms with E-state index in [9.17, 15) is 13.9 Å². The van der Waals surface area contributed by atoms with Gasteiger partial charge in [-0.15, -0.1) is 0 Å². The normalized spacial score (nSPS) is 19.6. The van der Waals surface area contributed by atoms with Crippen molar-refractivity contribution in [1.82, 2.24) is 0 Å². The molecule has 1 fully saturated rings. The molecule has 1 atom stereocenters. The Labute approximate surface area is 102 Å². The summed E-state index contributed by atoms with van der Waals surface area (Å²) in [6, 6.07) is 2.61. The second-order valence-electron chi connectivity index (χ2n) is 4.54. The van der Waals surface area contributed by atoms with Crippen LogP contribution in [-0.2, 0) is 6.42 Å². The monoisotopic (exact) mass is 290 g/mol. The molecule has 0 spiro atoms. The molecular formula is C12H13BrF2O. The van der Waals surface area contributed by atoms with Crippen LogP contribution in [0.25, 0.3) is 0 Å². The van der Waals surface area contributed by atoms with E-state index in [1.807, 2.05) is 0 Å². The molecule has 1 aromatic carbocycles. The zero-order valence-corrected chi connectivity index (χ0v) is 10.5. The highest BCUT2D eigenvalue weighted by molar-refractivity contribution is 9.10. The Balaban J connectivity index is 2.31. The number of hydrogen-bond acceptors (Lipinski definition) is 1. The van der Waals surface area contributed by atoms with E-state index in [2.05, 4.69) is 15.9 Å². The molecule has 1 aliphatic rings. The quantitative estimate of drug-likeness (QED) is 0.846. The molecule has 1 aliphatic carbocycles. The SMILES string of the molecule is CC(O)C1(Cc2c(F)ccc(Br)c2F)CC1. The fourth-order valence-corrected chi connectivity index (χ4v) is 2.36. The molecule has 0 aromatic heterocycles. The summed E-state index contributed by atoms with van der Waals surface area (Å²) in [6.45, 7) is 1.68. The lowest BCUT2D eigenvalue weighted by atomic mass is 9.91. The van der Waals surface area contributed by atoms with Gasteiger partial charge < -0.3 is 5.11 Å². The average molecular weight is 291 g/mol. The molecule has 0 bridgehead atoms. The van der Waals surface area contributed by atoms with Crippen molar-refractivity contribution < 1.29 is 13.9 Å². The molecule has 88 valence electrons. The van der Waals surface area contributed by atoms with Crippen molar-refractivity contribution in [3.63, 3.8) is 0 Å². The van der Waals surface area contributed by atoms with Crippen LogP contribution >= 0.6 is 15.9 Å². The van der Waals surface area contributed by atoms with Gasteiger partial charge in [0.2, 0.25) is 0 Å². The van der Waals surface area contributed by atoms with E-state index in [-0.39, 0.29) is 21.9 Å². The summed E-state index contributed by atoms with van der Waals surface area (Å²) in [4.78, 5) is 0. The van der Waals surface area contributed by atoms with Crippen molar-refractivity contribution in [2.75, 3.05) is 0 Å². The standard InChI is InChI=1S/C12H13BrF2O/c1-7(16)12(4-5-12)6-8-10(14)3-2-9(13)11(8)15/h2-3,7,16H,4-6H2,1H3. The molecular weight excluding hydrogens is 278 g/mol. The summed E-state index contributed by atoms with van der Waals surface area (Å²) in [6.07, 6.45) is 1.40. The first kappa shape index (κ1) is 12.0. The molecule has 16 heavy (non-hydrogen) atoms. The van der Waals surface area contributed by atoms with Gasteiger partial charge in [-0.25, -0.2) is 8.78 Å². The molecule has 2 rings (SSSR count). The molecule has 1 aromatic rings. The van der Waals surface area contributed by atoms with E-state index in [0.717, 1.165) is 12.8 Å². The molecule has 0 radical (unpaired) electrons. The maximum absolute atomic E-state index is 13.7. The van der Waals surface area contributed by atoms with Gasteiger partial charge in [0.15, 0.2) is 0 Å². The average Bonchev–Trinajstić information content (AvgIpc) is 3.00. The molecule has 4 heteroatoms. The Kier molecular flexibility index (Phi) is 3.05. The number of aliphatic hydroxyl groups excluding tert-OH is 1. The van der Waals surface area contributed by atoms with Crippen LogP contribution in [0, 0.1) is 17.0 Å². The van der Waals surface area contributed by atoms with Gasteiger partial charge in [-0.3, -0.25) is 0 Å². The molecule has 0 amide bonds. The number of rotatable bonds is 3. The maximum Gasteiger partial charge on any atom is 0.143 e. The number of halogens is 3. The van der Waals surface area contributed by atoms with Gasteiger partial charge >= 0.3 is 0 Å². The van der Waals surface area contributed by atoms with E-state index in [0.29, 0.717) is 0 Å². The largest absolute Gasteiger partial charge is 0.393 e. The molecule has 1 unspecified atom stereocenters. The summed E-state index contributed by atoms with van der Waals surface area (Å²) in [5.41, 5.74) is -0.240. The van der Waals surface area contributed by atoms with Crippen LogP contribution in [0.15, 0.2) is 16.6 Å². The first-order valence-corrected chi connectivity index (χ1v) is 6.06. The Morgan fingerprint density at radius 2 is 2.06 bits per heavy atom. The van der Waals surface area contributed by atoms with E-state index < -0.39 is 17.7 Å². The minimum absolute atomic E-state index is 0.0766. The van der Waals surface area contributed by atoms with Gasteiger partial charge in [-0.1, -0.05) is 0 Å². The molecule has 0 saturated heterocycles. The zero-order valence-electron chi connectivity index (χ0n) is 8.93. The van der Waals surface area contributed by atoms with Gasteiger partial charge in [0.25, 0.3) is 0 Å². The van der Waals surface area contributed by atoms with Crippen LogP contribution in [0.1, 0.15) is 25.3 Å². The fraction of sp³-hybridized carbons (Fsp3) is 0.500. The Morgan fingerprint density at radius 3 is 2.56 bits per heavy atom. The molecule has 0 heterocycles. The van der Waals surface area contributed by atoms with Crippen LogP contribution in [0.5, 0.6) is 0 Å². The third-order valence-corrected chi connectivity index (χ3v) is 4.06.